The first kappa shape index (κ1) is 15.4. The van der Waals surface area contributed by atoms with E-state index in [1.807, 2.05) is 0 Å². The first-order valence-electron chi connectivity index (χ1n) is 6.80. The predicted molar refractivity (Wildman–Crippen MR) is 75.7 cm³/mol. The minimum Gasteiger partial charge on any atom is -0.497 e. The molecule has 3 nitrogen and oxygen atoms in total. The number of ketones is 2. The van der Waals surface area contributed by atoms with Gasteiger partial charge in [0.2, 0.25) is 0 Å². The maximum atomic E-state index is 11.9. The summed E-state index contributed by atoms with van der Waals surface area (Å²) < 4.78 is 5.05. The highest BCUT2D eigenvalue weighted by Gasteiger charge is 2.05. The molecule has 0 fully saturated rings. The number of Topliss-reactive ketones (excluding diaryl/α,β-unsaturated/α-hetero) is 2. The largest absolute Gasteiger partial charge is 0.497 e. The van der Waals surface area contributed by atoms with Gasteiger partial charge in [0.1, 0.15) is 11.5 Å². The van der Waals surface area contributed by atoms with Crippen molar-refractivity contribution >= 4 is 11.6 Å². The van der Waals surface area contributed by atoms with E-state index in [1.165, 1.54) is 0 Å². The first-order valence-corrected chi connectivity index (χ1v) is 6.80. The molecule has 1 aromatic rings. The molecule has 0 aliphatic carbocycles. The monoisotopic (exact) mass is 262 g/mol. The van der Waals surface area contributed by atoms with Gasteiger partial charge in [0.15, 0.2) is 5.78 Å². The molecule has 1 aromatic carbocycles. The maximum Gasteiger partial charge on any atom is 0.162 e. The number of carbonyl (C=O) groups is 2. The van der Waals surface area contributed by atoms with Crippen molar-refractivity contribution in [3.63, 3.8) is 0 Å². The van der Waals surface area contributed by atoms with Gasteiger partial charge in [-0.3, -0.25) is 4.79 Å². The third kappa shape index (κ3) is 6.18. The Balaban J connectivity index is 2.21. The van der Waals surface area contributed by atoms with E-state index in [9.17, 15) is 9.59 Å². The normalized spacial score (nSPS) is 10.2. The molecular weight excluding hydrogens is 240 g/mol. The second kappa shape index (κ2) is 8.46. The van der Waals surface area contributed by atoms with Crippen LogP contribution in [0.5, 0.6) is 5.75 Å². The molecular formula is C16H22O3. The molecule has 0 radical (unpaired) electrons. The second-order valence-electron chi connectivity index (χ2n) is 4.77. The standard InChI is InChI=1S/C16H22O3/c1-13(17)7-5-3-4-6-8-16(18)14-9-11-15(19-2)12-10-14/h9-12H,3-8H2,1-2H3. The zero-order chi connectivity index (χ0) is 14.1. The molecule has 0 N–H and O–H groups in total. The molecule has 0 unspecified atom stereocenters. The van der Waals surface area contributed by atoms with Crippen molar-refractivity contribution in [3.05, 3.63) is 29.8 Å². The van der Waals surface area contributed by atoms with Gasteiger partial charge in [0, 0.05) is 18.4 Å². The van der Waals surface area contributed by atoms with Crippen molar-refractivity contribution in [2.45, 2.75) is 45.4 Å². The fraction of sp³-hybridized carbons (Fsp3) is 0.500. The van der Waals surface area contributed by atoms with Crippen LogP contribution in [0.3, 0.4) is 0 Å². The van der Waals surface area contributed by atoms with Gasteiger partial charge in [-0.15, -0.1) is 0 Å². The van der Waals surface area contributed by atoms with E-state index in [4.69, 9.17) is 4.74 Å². The van der Waals surface area contributed by atoms with Crippen molar-refractivity contribution in [1.82, 2.24) is 0 Å². The highest BCUT2D eigenvalue weighted by atomic mass is 16.5. The number of hydrogen-bond donors (Lipinski definition) is 0. The van der Waals surface area contributed by atoms with Gasteiger partial charge in [0.05, 0.1) is 7.11 Å². The van der Waals surface area contributed by atoms with Gasteiger partial charge < -0.3 is 9.53 Å². The van der Waals surface area contributed by atoms with Crippen LogP contribution in [-0.4, -0.2) is 18.7 Å². The second-order valence-corrected chi connectivity index (χ2v) is 4.77. The summed E-state index contributed by atoms with van der Waals surface area (Å²) in [5.74, 6) is 1.18. The predicted octanol–water partition coefficient (Wildman–Crippen LogP) is 3.81. The van der Waals surface area contributed by atoms with Gasteiger partial charge in [-0.25, -0.2) is 0 Å². The van der Waals surface area contributed by atoms with Crippen molar-refractivity contribution in [2.24, 2.45) is 0 Å². The van der Waals surface area contributed by atoms with Crippen LogP contribution >= 0.6 is 0 Å². The van der Waals surface area contributed by atoms with E-state index < -0.39 is 0 Å². The average molecular weight is 262 g/mol. The molecule has 0 aliphatic heterocycles. The Labute approximate surface area is 115 Å². The number of hydrogen-bond acceptors (Lipinski definition) is 3. The van der Waals surface area contributed by atoms with E-state index in [0.717, 1.165) is 37.0 Å². The van der Waals surface area contributed by atoms with Crippen LogP contribution in [0.1, 0.15) is 55.8 Å². The summed E-state index contributed by atoms with van der Waals surface area (Å²) in [6.07, 6.45) is 5.10. The Hall–Kier alpha value is -1.64. The summed E-state index contributed by atoms with van der Waals surface area (Å²) in [5, 5.41) is 0. The fourth-order valence-corrected chi connectivity index (χ4v) is 1.93. The Kier molecular flexibility index (Phi) is 6.86. The topological polar surface area (TPSA) is 43.4 Å². The number of methoxy groups -OCH3 is 1. The lowest BCUT2D eigenvalue weighted by Gasteiger charge is -2.03. The summed E-state index contributed by atoms with van der Waals surface area (Å²) in [5.41, 5.74) is 0.740. The molecule has 0 amide bonds. The minimum absolute atomic E-state index is 0.175. The van der Waals surface area contributed by atoms with E-state index >= 15 is 0 Å². The van der Waals surface area contributed by atoms with Gasteiger partial charge in [-0.2, -0.15) is 0 Å². The van der Waals surface area contributed by atoms with Crippen LogP contribution in [0.2, 0.25) is 0 Å². The maximum absolute atomic E-state index is 11.9. The minimum atomic E-state index is 0.175. The van der Waals surface area contributed by atoms with Crippen LogP contribution in [-0.2, 0) is 4.79 Å². The molecule has 0 saturated carbocycles. The Morgan fingerprint density at radius 2 is 1.53 bits per heavy atom. The highest BCUT2D eigenvalue weighted by Crippen LogP contribution is 2.14. The number of benzene rings is 1. The SMILES string of the molecule is COc1ccc(C(=O)CCCCCCC(C)=O)cc1. The van der Waals surface area contributed by atoms with Crippen molar-refractivity contribution < 1.29 is 14.3 Å². The van der Waals surface area contributed by atoms with E-state index in [1.54, 1.807) is 38.3 Å². The highest BCUT2D eigenvalue weighted by molar-refractivity contribution is 5.96. The first-order chi connectivity index (χ1) is 9.13. The molecule has 0 aromatic heterocycles. The zero-order valence-electron chi connectivity index (χ0n) is 11.8. The molecule has 19 heavy (non-hydrogen) atoms. The van der Waals surface area contributed by atoms with Crippen LogP contribution < -0.4 is 4.74 Å². The summed E-state index contributed by atoms with van der Waals surface area (Å²) >= 11 is 0. The van der Waals surface area contributed by atoms with Gasteiger partial charge in [-0.05, 0) is 44.0 Å². The molecule has 0 atom stereocenters. The van der Waals surface area contributed by atoms with Crippen LogP contribution in [0.25, 0.3) is 0 Å². The van der Waals surface area contributed by atoms with Crippen molar-refractivity contribution in [2.75, 3.05) is 7.11 Å². The molecule has 0 bridgehead atoms. The van der Waals surface area contributed by atoms with E-state index in [2.05, 4.69) is 0 Å². The molecule has 0 heterocycles. The van der Waals surface area contributed by atoms with Crippen molar-refractivity contribution in [3.8, 4) is 5.75 Å². The van der Waals surface area contributed by atoms with E-state index in [0.29, 0.717) is 12.8 Å². The summed E-state index contributed by atoms with van der Waals surface area (Å²) in [4.78, 5) is 22.6. The third-order valence-electron chi connectivity index (χ3n) is 3.09. The molecule has 0 saturated heterocycles. The van der Waals surface area contributed by atoms with Crippen LogP contribution in [0.15, 0.2) is 24.3 Å². The molecule has 3 heteroatoms. The Morgan fingerprint density at radius 1 is 0.947 bits per heavy atom. The van der Waals surface area contributed by atoms with Crippen LogP contribution in [0.4, 0.5) is 0 Å². The lowest BCUT2D eigenvalue weighted by Crippen LogP contribution is -1.99. The number of rotatable bonds is 9. The smallest absolute Gasteiger partial charge is 0.162 e. The summed E-state index contributed by atoms with van der Waals surface area (Å²) in [7, 11) is 1.61. The molecule has 104 valence electrons. The van der Waals surface area contributed by atoms with Gasteiger partial charge in [0.25, 0.3) is 0 Å². The Bertz CT molecular complexity index is 407. The zero-order valence-corrected chi connectivity index (χ0v) is 11.8. The van der Waals surface area contributed by atoms with Crippen LogP contribution in [0, 0.1) is 0 Å². The quantitative estimate of drug-likeness (QED) is 0.502. The average Bonchev–Trinajstić information content (AvgIpc) is 2.42. The molecule has 0 spiro atoms. The van der Waals surface area contributed by atoms with Gasteiger partial charge >= 0.3 is 0 Å². The summed E-state index contributed by atoms with van der Waals surface area (Å²) in [6, 6.07) is 7.22. The lowest BCUT2D eigenvalue weighted by molar-refractivity contribution is -0.117. The molecule has 0 aliphatic rings. The summed E-state index contributed by atoms with van der Waals surface area (Å²) in [6.45, 7) is 1.62. The lowest BCUT2D eigenvalue weighted by atomic mass is 10.0. The Morgan fingerprint density at radius 3 is 2.05 bits per heavy atom. The number of ether oxygens (including phenoxy) is 1. The fourth-order valence-electron chi connectivity index (χ4n) is 1.93. The van der Waals surface area contributed by atoms with Crippen molar-refractivity contribution in [1.29, 1.82) is 0 Å². The molecule has 1 rings (SSSR count). The number of carbonyl (C=O) groups excluding carboxylic acids is 2. The van der Waals surface area contributed by atoms with E-state index in [-0.39, 0.29) is 11.6 Å². The number of unbranched alkanes of at least 4 members (excludes halogenated alkanes) is 3. The third-order valence-corrected chi connectivity index (χ3v) is 3.09. The van der Waals surface area contributed by atoms with Gasteiger partial charge in [-0.1, -0.05) is 12.8 Å².